The molecular formula is C20H17N5OS. The van der Waals surface area contributed by atoms with Gasteiger partial charge >= 0.3 is 0 Å². The van der Waals surface area contributed by atoms with E-state index >= 15 is 0 Å². The lowest BCUT2D eigenvalue weighted by molar-refractivity contribution is 0.102. The number of aryl methyl sites for hydroxylation is 1. The average Bonchev–Trinajstić information content (AvgIpc) is 3.33. The van der Waals surface area contributed by atoms with Gasteiger partial charge in [0.15, 0.2) is 10.8 Å². The van der Waals surface area contributed by atoms with Gasteiger partial charge < -0.3 is 0 Å². The Morgan fingerprint density at radius 3 is 2.67 bits per heavy atom. The number of nitrogens with one attached hydrogen (secondary N) is 1. The molecule has 0 spiro atoms. The van der Waals surface area contributed by atoms with Gasteiger partial charge in [-0.2, -0.15) is 0 Å². The SMILES string of the molecule is Cc1ccc(-c2csc(NC(=O)c3cn(Cc4ccccc4)nn3)n2)cc1. The quantitative estimate of drug-likeness (QED) is 0.572. The molecule has 134 valence electrons. The number of anilines is 1. The lowest BCUT2D eigenvalue weighted by Gasteiger charge is -2.00. The van der Waals surface area contributed by atoms with Crippen molar-refractivity contribution in [3.8, 4) is 11.3 Å². The first-order valence-electron chi connectivity index (χ1n) is 8.45. The fourth-order valence-corrected chi connectivity index (χ4v) is 3.31. The van der Waals surface area contributed by atoms with Crippen LogP contribution in [-0.2, 0) is 6.54 Å². The van der Waals surface area contributed by atoms with Crippen LogP contribution in [0.5, 0.6) is 0 Å². The Balaban J connectivity index is 1.43. The smallest absolute Gasteiger partial charge is 0.279 e. The first-order chi connectivity index (χ1) is 13.2. The van der Waals surface area contributed by atoms with Crippen LogP contribution >= 0.6 is 11.3 Å². The third-order valence-electron chi connectivity index (χ3n) is 4.03. The van der Waals surface area contributed by atoms with E-state index in [-0.39, 0.29) is 11.6 Å². The van der Waals surface area contributed by atoms with Crippen LogP contribution in [0.25, 0.3) is 11.3 Å². The summed E-state index contributed by atoms with van der Waals surface area (Å²) in [5.74, 6) is -0.320. The van der Waals surface area contributed by atoms with Gasteiger partial charge in [-0.05, 0) is 12.5 Å². The molecule has 0 unspecified atom stereocenters. The van der Waals surface area contributed by atoms with Crippen molar-refractivity contribution in [3.05, 3.63) is 83.0 Å². The van der Waals surface area contributed by atoms with Gasteiger partial charge in [-0.3, -0.25) is 10.1 Å². The van der Waals surface area contributed by atoms with Gasteiger partial charge in [-0.15, -0.1) is 16.4 Å². The normalized spacial score (nSPS) is 10.7. The molecule has 4 rings (SSSR count). The van der Waals surface area contributed by atoms with E-state index < -0.39 is 0 Å². The second-order valence-electron chi connectivity index (χ2n) is 6.15. The van der Waals surface area contributed by atoms with Gasteiger partial charge in [0.2, 0.25) is 0 Å². The summed E-state index contributed by atoms with van der Waals surface area (Å²) in [7, 11) is 0. The number of carbonyl (C=O) groups excluding carboxylic acids is 1. The van der Waals surface area contributed by atoms with Crippen LogP contribution < -0.4 is 5.32 Å². The van der Waals surface area contributed by atoms with Crippen molar-refractivity contribution in [2.75, 3.05) is 5.32 Å². The van der Waals surface area contributed by atoms with Crippen LogP contribution in [0.4, 0.5) is 5.13 Å². The molecule has 0 atom stereocenters. The van der Waals surface area contributed by atoms with Crippen LogP contribution in [0.15, 0.2) is 66.2 Å². The second kappa shape index (κ2) is 7.51. The van der Waals surface area contributed by atoms with Crippen LogP contribution in [0, 0.1) is 6.92 Å². The molecule has 0 aliphatic rings. The maximum absolute atomic E-state index is 12.4. The number of nitrogens with zero attached hydrogens (tertiary/aromatic N) is 4. The molecule has 7 heteroatoms. The minimum Gasteiger partial charge on any atom is -0.296 e. The van der Waals surface area contributed by atoms with Gasteiger partial charge in [0, 0.05) is 10.9 Å². The van der Waals surface area contributed by atoms with Gasteiger partial charge in [0.05, 0.1) is 18.4 Å². The summed E-state index contributed by atoms with van der Waals surface area (Å²) in [6.45, 7) is 2.61. The highest BCUT2D eigenvalue weighted by Crippen LogP contribution is 2.25. The number of rotatable bonds is 5. The molecule has 27 heavy (non-hydrogen) atoms. The molecule has 2 aromatic heterocycles. The molecule has 2 aromatic carbocycles. The summed E-state index contributed by atoms with van der Waals surface area (Å²) in [6.07, 6.45) is 1.64. The third kappa shape index (κ3) is 4.09. The number of aromatic nitrogens is 4. The number of thiazole rings is 1. The Labute approximate surface area is 160 Å². The molecular weight excluding hydrogens is 358 g/mol. The first-order valence-corrected chi connectivity index (χ1v) is 9.33. The molecule has 0 bridgehead atoms. The Morgan fingerprint density at radius 1 is 1.11 bits per heavy atom. The van der Waals surface area contributed by atoms with Gasteiger partial charge in [-0.25, -0.2) is 9.67 Å². The first kappa shape index (κ1) is 17.1. The largest absolute Gasteiger partial charge is 0.296 e. The average molecular weight is 375 g/mol. The van der Waals surface area contributed by atoms with Crippen molar-refractivity contribution in [2.45, 2.75) is 13.5 Å². The van der Waals surface area contributed by atoms with Gasteiger partial charge in [0.25, 0.3) is 5.91 Å². The zero-order chi connectivity index (χ0) is 18.6. The summed E-state index contributed by atoms with van der Waals surface area (Å²) in [5.41, 5.74) is 4.41. The van der Waals surface area contributed by atoms with Crippen molar-refractivity contribution >= 4 is 22.4 Å². The zero-order valence-electron chi connectivity index (χ0n) is 14.7. The molecule has 4 aromatic rings. The van der Waals surface area contributed by atoms with Crippen LogP contribution in [0.2, 0.25) is 0 Å². The van der Waals surface area contributed by atoms with E-state index in [0.29, 0.717) is 11.7 Å². The zero-order valence-corrected chi connectivity index (χ0v) is 15.5. The maximum Gasteiger partial charge on any atom is 0.279 e. The number of benzene rings is 2. The van der Waals surface area contributed by atoms with Crippen molar-refractivity contribution < 1.29 is 4.79 Å². The highest BCUT2D eigenvalue weighted by Gasteiger charge is 2.14. The van der Waals surface area contributed by atoms with Gasteiger partial charge in [-0.1, -0.05) is 65.4 Å². The molecule has 0 fully saturated rings. The lowest BCUT2D eigenvalue weighted by Crippen LogP contribution is -2.12. The van der Waals surface area contributed by atoms with Crippen LogP contribution in [0.3, 0.4) is 0 Å². The standard InChI is InChI=1S/C20H17N5OS/c1-14-7-9-16(10-8-14)18-13-27-20(21-18)22-19(26)17-12-25(24-23-17)11-15-5-3-2-4-6-15/h2-10,12-13H,11H2,1H3,(H,21,22,26). The van der Waals surface area contributed by atoms with Crippen molar-refractivity contribution in [1.82, 2.24) is 20.0 Å². The minimum atomic E-state index is -0.320. The molecule has 0 saturated heterocycles. The fourth-order valence-electron chi connectivity index (χ4n) is 2.60. The van der Waals surface area contributed by atoms with Crippen molar-refractivity contribution in [2.24, 2.45) is 0 Å². The minimum absolute atomic E-state index is 0.262. The third-order valence-corrected chi connectivity index (χ3v) is 4.79. The summed E-state index contributed by atoms with van der Waals surface area (Å²) in [6, 6.07) is 18.0. The van der Waals surface area contributed by atoms with Crippen LogP contribution in [0.1, 0.15) is 21.6 Å². The highest BCUT2D eigenvalue weighted by atomic mass is 32.1. The van der Waals surface area contributed by atoms with E-state index in [4.69, 9.17) is 0 Å². The van der Waals surface area contributed by atoms with Gasteiger partial charge in [0.1, 0.15) is 0 Å². The predicted octanol–water partition coefficient (Wildman–Crippen LogP) is 4.01. The fraction of sp³-hybridized carbons (Fsp3) is 0.100. The summed E-state index contributed by atoms with van der Waals surface area (Å²) >= 11 is 1.38. The van der Waals surface area contributed by atoms with E-state index in [9.17, 15) is 4.79 Å². The Bertz CT molecular complexity index is 1050. The summed E-state index contributed by atoms with van der Waals surface area (Å²) < 4.78 is 1.64. The molecule has 2 heterocycles. The molecule has 1 amide bonds. The monoisotopic (exact) mass is 375 g/mol. The second-order valence-corrected chi connectivity index (χ2v) is 7.00. The molecule has 6 nitrogen and oxygen atoms in total. The van der Waals surface area contributed by atoms with E-state index in [1.54, 1.807) is 10.9 Å². The maximum atomic E-state index is 12.4. The lowest BCUT2D eigenvalue weighted by atomic mass is 10.1. The number of amides is 1. The number of hydrogen-bond donors (Lipinski definition) is 1. The molecule has 0 aliphatic heterocycles. The Morgan fingerprint density at radius 2 is 1.89 bits per heavy atom. The van der Waals surface area contributed by atoms with E-state index in [2.05, 4.69) is 20.6 Å². The van der Waals surface area contributed by atoms with Crippen LogP contribution in [-0.4, -0.2) is 25.9 Å². The Kier molecular flexibility index (Phi) is 4.76. The van der Waals surface area contributed by atoms with Crippen molar-refractivity contribution in [1.29, 1.82) is 0 Å². The van der Waals surface area contributed by atoms with E-state index in [1.165, 1.54) is 16.9 Å². The van der Waals surface area contributed by atoms with Crippen molar-refractivity contribution in [3.63, 3.8) is 0 Å². The summed E-state index contributed by atoms with van der Waals surface area (Å²) in [5, 5.41) is 13.2. The Hall–Kier alpha value is -3.32. The number of hydrogen-bond acceptors (Lipinski definition) is 5. The molecule has 0 saturated carbocycles. The van der Waals surface area contributed by atoms with E-state index in [1.807, 2.05) is 66.9 Å². The summed E-state index contributed by atoms with van der Waals surface area (Å²) in [4.78, 5) is 16.9. The predicted molar refractivity (Wildman–Crippen MR) is 106 cm³/mol. The van der Waals surface area contributed by atoms with E-state index in [0.717, 1.165) is 16.8 Å². The highest BCUT2D eigenvalue weighted by molar-refractivity contribution is 7.14. The number of carbonyl (C=O) groups is 1. The molecule has 0 radical (unpaired) electrons. The molecule has 0 aliphatic carbocycles. The molecule has 1 N–H and O–H groups in total. The topological polar surface area (TPSA) is 72.7 Å².